The summed E-state index contributed by atoms with van der Waals surface area (Å²) < 4.78 is 0. The second-order valence-corrected chi connectivity index (χ2v) is 7.24. The van der Waals surface area contributed by atoms with Crippen LogP contribution >= 0.6 is 0 Å². The summed E-state index contributed by atoms with van der Waals surface area (Å²) in [5.41, 5.74) is 2.54. The van der Waals surface area contributed by atoms with Gasteiger partial charge in [0.05, 0.1) is 0 Å². The van der Waals surface area contributed by atoms with Crippen molar-refractivity contribution in [2.45, 2.75) is 45.1 Å². The van der Waals surface area contributed by atoms with Crippen LogP contribution in [0.3, 0.4) is 0 Å². The van der Waals surface area contributed by atoms with E-state index in [0.29, 0.717) is 17.8 Å². The van der Waals surface area contributed by atoms with Crippen molar-refractivity contribution in [3.05, 3.63) is 54.7 Å². The molecule has 1 N–H and O–H groups in total. The third kappa shape index (κ3) is 4.13. The van der Waals surface area contributed by atoms with Crippen LogP contribution in [0.1, 0.15) is 39.0 Å². The predicted molar refractivity (Wildman–Crippen MR) is 108 cm³/mol. The van der Waals surface area contributed by atoms with Crippen LogP contribution in [-0.2, 0) is 0 Å². The van der Waals surface area contributed by atoms with Crippen molar-refractivity contribution < 1.29 is 0 Å². The van der Waals surface area contributed by atoms with E-state index >= 15 is 0 Å². The summed E-state index contributed by atoms with van der Waals surface area (Å²) in [5, 5.41) is 12.5. The quantitative estimate of drug-likeness (QED) is 0.696. The monoisotopic (exact) mass is 359 g/mol. The molecule has 0 aliphatic heterocycles. The van der Waals surface area contributed by atoms with Gasteiger partial charge in [-0.1, -0.05) is 55.7 Å². The normalized spacial score (nSPS) is 16.0. The van der Waals surface area contributed by atoms with Crippen LogP contribution in [0.15, 0.2) is 54.7 Å². The lowest BCUT2D eigenvalue weighted by Crippen LogP contribution is -2.28. The van der Waals surface area contributed by atoms with Gasteiger partial charge in [0.15, 0.2) is 5.82 Å². The summed E-state index contributed by atoms with van der Waals surface area (Å²) >= 11 is 0. The molecule has 138 valence electrons. The first-order chi connectivity index (χ1) is 13.3. The Labute approximate surface area is 160 Å². The molecular weight excluding hydrogens is 334 g/mol. The van der Waals surface area contributed by atoms with E-state index in [0.717, 1.165) is 22.8 Å². The zero-order valence-electron chi connectivity index (χ0n) is 15.7. The van der Waals surface area contributed by atoms with Gasteiger partial charge >= 0.3 is 0 Å². The van der Waals surface area contributed by atoms with Crippen LogP contribution in [0.5, 0.6) is 0 Å². The van der Waals surface area contributed by atoms with Crippen LogP contribution in [0.25, 0.3) is 22.8 Å². The maximum absolute atomic E-state index is 4.81. The van der Waals surface area contributed by atoms with Crippen LogP contribution in [-0.4, -0.2) is 26.2 Å². The van der Waals surface area contributed by atoms with Crippen molar-refractivity contribution >= 4 is 5.82 Å². The van der Waals surface area contributed by atoms with Gasteiger partial charge < -0.3 is 5.32 Å². The maximum atomic E-state index is 4.81. The molecule has 1 aliphatic carbocycles. The standard InChI is InChI=1S/C22H25N5/c1-16(17-10-4-2-5-11-17)24-22-20(18-12-6-3-7-13-18)26-27-21(25-22)19-14-8-9-15-23-19/h3,6-9,12-17H,2,4-5,10-11H2,1H3,(H,24,25,27)/t16-/m0/s1. The molecule has 2 heterocycles. The second kappa shape index (κ2) is 8.25. The zero-order valence-corrected chi connectivity index (χ0v) is 15.7. The van der Waals surface area contributed by atoms with Crippen LogP contribution in [0, 0.1) is 5.92 Å². The summed E-state index contributed by atoms with van der Waals surface area (Å²) in [5.74, 6) is 2.01. The van der Waals surface area contributed by atoms with Crippen molar-refractivity contribution in [3.8, 4) is 22.8 Å². The highest BCUT2D eigenvalue weighted by Crippen LogP contribution is 2.30. The first-order valence-electron chi connectivity index (χ1n) is 9.79. The Balaban J connectivity index is 1.69. The molecular formula is C22H25N5. The van der Waals surface area contributed by atoms with Crippen molar-refractivity contribution in [2.75, 3.05) is 5.32 Å². The van der Waals surface area contributed by atoms with Crippen LogP contribution in [0.2, 0.25) is 0 Å². The Bertz CT molecular complexity index is 860. The minimum Gasteiger partial charge on any atom is -0.365 e. The fourth-order valence-corrected chi connectivity index (χ4v) is 3.79. The maximum Gasteiger partial charge on any atom is 0.202 e. The molecule has 4 rings (SSSR count). The Morgan fingerprint density at radius 2 is 1.70 bits per heavy atom. The lowest BCUT2D eigenvalue weighted by molar-refractivity contribution is 0.328. The number of aromatic nitrogens is 4. The minimum absolute atomic E-state index is 0.348. The predicted octanol–water partition coefficient (Wildman–Crippen LogP) is 4.98. The molecule has 1 aliphatic rings. The van der Waals surface area contributed by atoms with E-state index in [1.54, 1.807) is 6.20 Å². The molecule has 1 saturated carbocycles. The molecule has 5 nitrogen and oxygen atoms in total. The van der Waals surface area contributed by atoms with E-state index in [-0.39, 0.29) is 0 Å². The number of nitrogens with one attached hydrogen (secondary N) is 1. The number of benzene rings is 1. The van der Waals surface area contributed by atoms with E-state index in [9.17, 15) is 0 Å². The Kier molecular flexibility index (Phi) is 5.37. The molecule has 0 unspecified atom stereocenters. The first kappa shape index (κ1) is 17.6. The number of nitrogens with zero attached hydrogens (tertiary/aromatic N) is 4. The van der Waals surface area contributed by atoms with Crippen LogP contribution in [0.4, 0.5) is 5.82 Å². The number of rotatable bonds is 5. The molecule has 1 aromatic carbocycles. The minimum atomic E-state index is 0.348. The average Bonchev–Trinajstić information content (AvgIpc) is 2.75. The molecule has 0 radical (unpaired) electrons. The lowest BCUT2D eigenvalue weighted by atomic mass is 9.84. The third-order valence-electron chi connectivity index (χ3n) is 5.35. The fraction of sp³-hybridized carbons (Fsp3) is 0.364. The van der Waals surface area contributed by atoms with E-state index in [1.165, 1.54) is 32.1 Å². The van der Waals surface area contributed by atoms with Crippen molar-refractivity contribution in [1.82, 2.24) is 20.2 Å². The average molecular weight is 359 g/mol. The largest absolute Gasteiger partial charge is 0.365 e. The van der Waals surface area contributed by atoms with Gasteiger partial charge in [0, 0.05) is 17.8 Å². The Hall–Kier alpha value is -2.82. The van der Waals surface area contributed by atoms with Crippen molar-refractivity contribution in [3.63, 3.8) is 0 Å². The summed E-state index contributed by atoms with van der Waals surface area (Å²) in [6.45, 7) is 2.26. The Morgan fingerprint density at radius 1 is 0.926 bits per heavy atom. The van der Waals surface area contributed by atoms with E-state index < -0.39 is 0 Å². The van der Waals surface area contributed by atoms with Crippen molar-refractivity contribution in [2.24, 2.45) is 5.92 Å². The van der Waals surface area contributed by atoms with Gasteiger partial charge in [0.25, 0.3) is 0 Å². The summed E-state index contributed by atoms with van der Waals surface area (Å²) in [6, 6.07) is 16.2. The fourth-order valence-electron chi connectivity index (χ4n) is 3.79. The highest BCUT2D eigenvalue weighted by Gasteiger charge is 2.22. The molecule has 1 fully saturated rings. The van der Waals surface area contributed by atoms with E-state index in [1.807, 2.05) is 48.5 Å². The molecule has 1 atom stereocenters. The van der Waals surface area contributed by atoms with Crippen molar-refractivity contribution in [1.29, 1.82) is 0 Å². The van der Waals surface area contributed by atoms with Gasteiger partial charge in [-0.25, -0.2) is 4.98 Å². The van der Waals surface area contributed by atoms with Gasteiger partial charge in [-0.05, 0) is 37.8 Å². The Morgan fingerprint density at radius 3 is 2.44 bits per heavy atom. The number of anilines is 1. The second-order valence-electron chi connectivity index (χ2n) is 7.24. The van der Waals surface area contributed by atoms with Gasteiger partial charge in [0.2, 0.25) is 5.82 Å². The number of hydrogen-bond acceptors (Lipinski definition) is 5. The topological polar surface area (TPSA) is 63.6 Å². The zero-order chi connectivity index (χ0) is 18.5. The van der Waals surface area contributed by atoms with Gasteiger partial charge in [-0.15, -0.1) is 10.2 Å². The molecule has 5 heteroatoms. The SMILES string of the molecule is C[C@H](Nc1nc(-c2ccccn2)nnc1-c1ccccc1)C1CCCCC1. The summed E-state index contributed by atoms with van der Waals surface area (Å²) in [7, 11) is 0. The van der Waals surface area contributed by atoms with E-state index in [4.69, 9.17) is 4.98 Å². The molecule has 0 spiro atoms. The smallest absolute Gasteiger partial charge is 0.202 e. The molecule has 0 saturated heterocycles. The highest BCUT2D eigenvalue weighted by molar-refractivity contribution is 5.72. The van der Waals surface area contributed by atoms with E-state index in [2.05, 4.69) is 27.4 Å². The molecule has 2 aromatic heterocycles. The van der Waals surface area contributed by atoms with Gasteiger partial charge in [-0.2, -0.15) is 0 Å². The highest BCUT2D eigenvalue weighted by atomic mass is 15.2. The lowest BCUT2D eigenvalue weighted by Gasteiger charge is -2.29. The molecule has 0 amide bonds. The summed E-state index contributed by atoms with van der Waals surface area (Å²) in [6.07, 6.45) is 8.31. The number of hydrogen-bond donors (Lipinski definition) is 1. The molecule has 27 heavy (non-hydrogen) atoms. The summed E-state index contributed by atoms with van der Waals surface area (Å²) in [4.78, 5) is 9.18. The van der Waals surface area contributed by atoms with Crippen LogP contribution < -0.4 is 5.32 Å². The van der Waals surface area contributed by atoms with Gasteiger partial charge in [0.1, 0.15) is 11.4 Å². The molecule has 3 aromatic rings. The first-order valence-corrected chi connectivity index (χ1v) is 9.79. The number of pyridine rings is 1. The van der Waals surface area contributed by atoms with Gasteiger partial charge in [-0.3, -0.25) is 4.98 Å². The molecule has 0 bridgehead atoms. The third-order valence-corrected chi connectivity index (χ3v) is 5.35.